The van der Waals surface area contributed by atoms with E-state index in [1.807, 2.05) is 24.3 Å². The van der Waals surface area contributed by atoms with Crippen molar-refractivity contribution in [3.05, 3.63) is 89.5 Å². The van der Waals surface area contributed by atoms with Gasteiger partial charge in [0.2, 0.25) is 0 Å². The monoisotopic (exact) mass is 487 g/mol. The molecule has 0 radical (unpaired) electrons. The number of aryl methyl sites for hydroxylation is 1. The Morgan fingerprint density at radius 1 is 1.09 bits per heavy atom. The number of carboxylic acids is 1. The topological polar surface area (TPSA) is 109 Å². The maximum Gasteiger partial charge on any atom is 0.250 e. The molecule has 4 aromatic rings. The van der Waals surface area contributed by atoms with Crippen molar-refractivity contribution in [2.24, 2.45) is 5.10 Å². The predicted molar refractivity (Wildman–Crippen MR) is 133 cm³/mol. The highest BCUT2D eigenvalue weighted by atomic mass is 32.2. The van der Waals surface area contributed by atoms with Crippen LogP contribution in [0.25, 0.3) is 11.0 Å². The Kier molecular flexibility index (Phi) is 7.79. The molecule has 8 nitrogen and oxygen atoms in total. The number of thioether (sulfide) groups is 1. The number of fused-ring (bicyclic) bond motifs is 1. The molecule has 0 aliphatic rings. The molecule has 1 N–H and O–H groups in total. The zero-order chi connectivity index (χ0) is 24.6. The summed E-state index contributed by atoms with van der Waals surface area (Å²) in [6, 6.07) is 23.0. The maximum atomic E-state index is 12.4. The third-order valence-corrected chi connectivity index (χ3v) is 6.05. The average molecular weight is 488 g/mol. The van der Waals surface area contributed by atoms with Crippen LogP contribution in [0.3, 0.4) is 0 Å². The first-order valence-corrected chi connectivity index (χ1v) is 11.9. The number of carboxylic acid groups (broad SMARTS) is 1. The first-order chi connectivity index (χ1) is 17.0. The molecule has 0 aliphatic carbocycles. The van der Waals surface area contributed by atoms with E-state index in [1.54, 1.807) is 24.3 Å². The number of ether oxygens (including phenoxy) is 1. The summed E-state index contributed by atoms with van der Waals surface area (Å²) >= 11 is 1.33. The van der Waals surface area contributed by atoms with Crippen LogP contribution in [0.2, 0.25) is 0 Å². The zero-order valence-corrected chi connectivity index (χ0v) is 19.8. The van der Waals surface area contributed by atoms with Crippen LogP contribution in [0.4, 0.5) is 0 Å². The number of imidazole rings is 1. The molecule has 0 atom stereocenters. The van der Waals surface area contributed by atoms with Gasteiger partial charge in [0.1, 0.15) is 12.4 Å². The van der Waals surface area contributed by atoms with Crippen molar-refractivity contribution in [2.45, 2.75) is 18.6 Å². The van der Waals surface area contributed by atoms with E-state index >= 15 is 0 Å². The minimum atomic E-state index is -1.32. The fourth-order valence-corrected chi connectivity index (χ4v) is 4.19. The van der Waals surface area contributed by atoms with Crippen molar-refractivity contribution in [3.8, 4) is 5.75 Å². The minimum absolute atomic E-state index is 0.122. The lowest BCUT2D eigenvalue weighted by atomic mass is 10.1. The van der Waals surface area contributed by atoms with Crippen LogP contribution >= 0.6 is 11.8 Å². The van der Waals surface area contributed by atoms with Crippen LogP contribution in [0.1, 0.15) is 16.7 Å². The molecule has 35 heavy (non-hydrogen) atoms. The number of hydrazone groups is 1. The van der Waals surface area contributed by atoms with Crippen LogP contribution in [-0.4, -0.2) is 40.0 Å². The summed E-state index contributed by atoms with van der Waals surface area (Å²) in [6.07, 6.45) is 1.40. The summed E-state index contributed by atoms with van der Waals surface area (Å²) in [5.74, 6) is -1.17. The summed E-state index contributed by atoms with van der Waals surface area (Å²) < 4.78 is 7.28. The number of carbonyl (C=O) groups is 2. The van der Waals surface area contributed by atoms with Gasteiger partial charge in [-0.15, -0.1) is 0 Å². The highest BCUT2D eigenvalue weighted by Gasteiger charge is 2.13. The lowest BCUT2D eigenvalue weighted by Crippen LogP contribution is -2.29. The Bertz CT molecular complexity index is 1370. The zero-order valence-electron chi connectivity index (χ0n) is 19.0. The van der Waals surface area contributed by atoms with E-state index in [9.17, 15) is 14.7 Å². The molecule has 0 aliphatic heterocycles. The summed E-state index contributed by atoms with van der Waals surface area (Å²) in [5, 5.41) is 15.4. The molecular weight excluding hydrogens is 464 g/mol. The fourth-order valence-electron chi connectivity index (χ4n) is 3.38. The van der Waals surface area contributed by atoms with Crippen LogP contribution in [0.15, 0.2) is 83.1 Å². The minimum Gasteiger partial charge on any atom is -0.546 e. The first-order valence-electron chi connectivity index (χ1n) is 10.9. The predicted octanol–water partition coefficient (Wildman–Crippen LogP) is 2.76. The van der Waals surface area contributed by atoms with Gasteiger partial charge in [0.25, 0.3) is 5.91 Å². The van der Waals surface area contributed by atoms with Gasteiger partial charge in [-0.1, -0.05) is 65.9 Å². The Morgan fingerprint density at radius 3 is 2.63 bits per heavy atom. The molecule has 0 saturated carbocycles. The third-order valence-electron chi connectivity index (χ3n) is 5.07. The number of aromatic nitrogens is 2. The van der Waals surface area contributed by atoms with Crippen LogP contribution in [0.5, 0.6) is 5.75 Å². The summed E-state index contributed by atoms with van der Waals surface area (Å²) in [7, 11) is 0. The molecular formula is C26H23N4O4S-. The molecule has 0 saturated heterocycles. The lowest BCUT2D eigenvalue weighted by molar-refractivity contribution is -0.307. The second kappa shape index (κ2) is 11.3. The Labute approximate surface area is 206 Å². The first kappa shape index (κ1) is 24.0. The lowest BCUT2D eigenvalue weighted by Gasteiger charge is -2.10. The van der Waals surface area contributed by atoms with Crippen LogP contribution < -0.4 is 15.3 Å². The Hall–Kier alpha value is -4.11. The number of carbonyl (C=O) groups excluding carboxylic acids is 2. The number of aliphatic carboxylic acids is 1. The number of amides is 1. The standard InChI is InChI=1S/C26H24N4O4S/c1-18-10-12-19(13-11-18)15-30-22-8-4-3-7-21(22)28-26(30)35-17-24(31)29-27-14-20-6-2-5-9-23(20)34-16-25(32)33/h2-14H,15-17H2,1H3,(H,29,31)(H,32,33)/p-1/b27-14-. The number of benzene rings is 3. The van der Waals surface area contributed by atoms with Gasteiger partial charge in [-0.2, -0.15) is 5.10 Å². The molecule has 0 bridgehead atoms. The molecule has 1 aromatic heterocycles. The second-order valence-corrected chi connectivity index (χ2v) is 8.68. The van der Waals surface area contributed by atoms with Gasteiger partial charge in [-0.05, 0) is 36.8 Å². The van der Waals surface area contributed by atoms with Gasteiger partial charge in [0.15, 0.2) is 5.16 Å². The van der Waals surface area contributed by atoms with Crippen LogP contribution in [-0.2, 0) is 16.1 Å². The normalized spacial score (nSPS) is 11.1. The van der Waals surface area contributed by atoms with Gasteiger partial charge < -0.3 is 19.2 Å². The average Bonchev–Trinajstić information content (AvgIpc) is 3.20. The number of rotatable bonds is 10. The van der Waals surface area contributed by atoms with Crippen molar-refractivity contribution >= 4 is 40.9 Å². The largest absolute Gasteiger partial charge is 0.546 e. The maximum absolute atomic E-state index is 12.4. The van der Waals surface area contributed by atoms with E-state index in [0.29, 0.717) is 17.9 Å². The van der Waals surface area contributed by atoms with Crippen molar-refractivity contribution in [1.29, 1.82) is 0 Å². The Morgan fingerprint density at radius 2 is 1.83 bits per heavy atom. The van der Waals surface area contributed by atoms with Crippen molar-refractivity contribution in [3.63, 3.8) is 0 Å². The molecule has 1 heterocycles. The van der Waals surface area contributed by atoms with Crippen LogP contribution in [0, 0.1) is 6.92 Å². The molecule has 0 fully saturated rings. The number of hydrogen-bond donors (Lipinski definition) is 1. The van der Waals surface area contributed by atoms with E-state index in [-0.39, 0.29) is 11.7 Å². The van der Waals surface area contributed by atoms with Crippen molar-refractivity contribution in [1.82, 2.24) is 15.0 Å². The highest BCUT2D eigenvalue weighted by Crippen LogP contribution is 2.25. The van der Waals surface area contributed by atoms with E-state index < -0.39 is 12.6 Å². The number of para-hydroxylation sites is 3. The molecule has 1 amide bonds. The van der Waals surface area contributed by atoms with Crippen molar-refractivity contribution < 1.29 is 19.4 Å². The molecule has 0 unspecified atom stereocenters. The molecule has 9 heteroatoms. The molecule has 0 spiro atoms. The smallest absolute Gasteiger partial charge is 0.250 e. The second-order valence-electron chi connectivity index (χ2n) is 7.74. The fraction of sp³-hybridized carbons (Fsp3) is 0.154. The van der Waals surface area contributed by atoms with E-state index in [1.165, 1.54) is 23.5 Å². The van der Waals surface area contributed by atoms with Gasteiger partial charge in [0.05, 0.1) is 35.5 Å². The number of nitrogens with zero attached hydrogens (tertiary/aromatic N) is 3. The number of hydrogen-bond acceptors (Lipinski definition) is 7. The van der Waals surface area contributed by atoms with Gasteiger partial charge >= 0.3 is 0 Å². The number of nitrogens with one attached hydrogen (secondary N) is 1. The molecule has 3 aromatic carbocycles. The SMILES string of the molecule is Cc1ccc(Cn2c(SCC(=O)N/N=C\c3ccccc3OCC(=O)[O-])nc3ccccc32)cc1. The molecule has 178 valence electrons. The van der Waals surface area contributed by atoms with Gasteiger partial charge in [0, 0.05) is 5.56 Å². The summed E-state index contributed by atoms with van der Waals surface area (Å²) in [5.41, 5.74) is 7.24. The van der Waals surface area contributed by atoms with Gasteiger partial charge in [-0.25, -0.2) is 10.4 Å². The van der Waals surface area contributed by atoms with E-state index in [4.69, 9.17) is 9.72 Å². The quantitative estimate of drug-likeness (QED) is 0.209. The van der Waals surface area contributed by atoms with Crippen molar-refractivity contribution in [2.75, 3.05) is 12.4 Å². The Balaban J connectivity index is 1.41. The van der Waals surface area contributed by atoms with E-state index in [2.05, 4.69) is 46.3 Å². The molecule has 4 rings (SSSR count). The summed E-state index contributed by atoms with van der Waals surface area (Å²) in [6.45, 7) is 2.13. The van der Waals surface area contributed by atoms with E-state index in [0.717, 1.165) is 21.8 Å². The van der Waals surface area contributed by atoms with Gasteiger partial charge in [-0.3, -0.25) is 4.79 Å². The summed E-state index contributed by atoms with van der Waals surface area (Å²) in [4.78, 5) is 27.8. The highest BCUT2D eigenvalue weighted by molar-refractivity contribution is 7.99. The third kappa shape index (κ3) is 6.48.